The molecule has 0 bridgehead atoms. The Morgan fingerprint density at radius 3 is 2.59 bits per heavy atom. The summed E-state index contributed by atoms with van der Waals surface area (Å²) in [6.07, 6.45) is 1.67. The summed E-state index contributed by atoms with van der Waals surface area (Å²) in [6, 6.07) is 11.5. The van der Waals surface area contributed by atoms with Gasteiger partial charge in [-0.15, -0.1) is 0 Å². The van der Waals surface area contributed by atoms with Gasteiger partial charge in [-0.2, -0.15) is 0 Å². The van der Waals surface area contributed by atoms with Crippen LogP contribution in [0.1, 0.15) is 5.69 Å². The zero-order valence-electron chi connectivity index (χ0n) is 8.85. The molecule has 17 heavy (non-hydrogen) atoms. The maximum atomic E-state index is 5.62. The number of pyridine rings is 1. The Labute approximate surface area is 113 Å². The number of hydrogen-bond donors (Lipinski definition) is 2. The van der Waals surface area contributed by atoms with Crippen molar-refractivity contribution in [2.45, 2.75) is 0 Å². The second-order valence-electron chi connectivity index (χ2n) is 3.37. The highest BCUT2D eigenvalue weighted by Gasteiger charge is 2.07. The largest absolute Gasteiger partial charge is 0.388 e. The van der Waals surface area contributed by atoms with Crippen molar-refractivity contribution in [1.82, 2.24) is 4.98 Å². The van der Waals surface area contributed by atoms with Crippen LogP contribution in [0.4, 0.5) is 11.4 Å². The summed E-state index contributed by atoms with van der Waals surface area (Å²) in [4.78, 5) is 4.44. The van der Waals surface area contributed by atoms with Crippen LogP contribution in [-0.4, -0.2) is 9.97 Å². The van der Waals surface area contributed by atoms with E-state index >= 15 is 0 Å². The number of nitrogens with two attached hydrogens (primary N) is 1. The summed E-state index contributed by atoms with van der Waals surface area (Å²) >= 11 is 8.43. The third-order valence-corrected chi connectivity index (χ3v) is 3.07. The molecular formula is C12H10BrN3S. The van der Waals surface area contributed by atoms with Crippen LogP contribution < -0.4 is 11.1 Å². The molecule has 0 atom stereocenters. The van der Waals surface area contributed by atoms with E-state index in [1.54, 1.807) is 6.20 Å². The minimum Gasteiger partial charge on any atom is -0.388 e. The second-order valence-corrected chi connectivity index (χ2v) is 4.66. The SMILES string of the molecule is NC(=S)c1ncccc1Nc1ccccc1Br. The zero-order chi connectivity index (χ0) is 12.3. The smallest absolute Gasteiger partial charge is 0.124 e. The lowest BCUT2D eigenvalue weighted by Crippen LogP contribution is -2.13. The van der Waals surface area contributed by atoms with Crippen molar-refractivity contribution in [3.63, 3.8) is 0 Å². The molecular weight excluding hydrogens is 298 g/mol. The van der Waals surface area contributed by atoms with Crippen molar-refractivity contribution in [1.29, 1.82) is 0 Å². The second kappa shape index (κ2) is 5.25. The first-order valence-electron chi connectivity index (χ1n) is 4.95. The van der Waals surface area contributed by atoms with E-state index in [1.165, 1.54) is 0 Å². The van der Waals surface area contributed by atoms with E-state index in [4.69, 9.17) is 18.0 Å². The summed E-state index contributed by atoms with van der Waals surface area (Å²) < 4.78 is 0.970. The molecule has 0 saturated carbocycles. The predicted molar refractivity (Wildman–Crippen MR) is 77.5 cm³/mol. The molecule has 3 nitrogen and oxygen atoms in total. The van der Waals surface area contributed by atoms with Crippen molar-refractivity contribution in [3.8, 4) is 0 Å². The van der Waals surface area contributed by atoms with Gasteiger partial charge in [0.2, 0.25) is 0 Å². The van der Waals surface area contributed by atoms with Crippen LogP contribution >= 0.6 is 28.1 Å². The number of nitrogens with one attached hydrogen (secondary N) is 1. The van der Waals surface area contributed by atoms with Crippen molar-refractivity contribution < 1.29 is 0 Å². The number of hydrogen-bond acceptors (Lipinski definition) is 3. The minimum atomic E-state index is 0.278. The van der Waals surface area contributed by atoms with E-state index in [0.717, 1.165) is 15.8 Å². The van der Waals surface area contributed by atoms with Gasteiger partial charge in [-0.3, -0.25) is 4.98 Å². The lowest BCUT2D eigenvalue weighted by molar-refractivity contribution is 1.28. The van der Waals surface area contributed by atoms with E-state index in [0.29, 0.717) is 5.69 Å². The van der Waals surface area contributed by atoms with Crippen LogP contribution in [0.5, 0.6) is 0 Å². The van der Waals surface area contributed by atoms with Crippen LogP contribution in [0.2, 0.25) is 0 Å². The third-order valence-electron chi connectivity index (χ3n) is 2.18. The highest BCUT2D eigenvalue weighted by atomic mass is 79.9. The molecule has 0 amide bonds. The normalized spacial score (nSPS) is 9.94. The monoisotopic (exact) mass is 307 g/mol. The molecule has 86 valence electrons. The van der Waals surface area contributed by atoms with Gasteiger partial charge >= 0.3 is 0 Å². The van der Waals surface area contributed by atoms with E-state index in [1.807, 2.05) is 36.4 Å². The zero-order valence-corrected chi connectivity index (χ0v) is 11.3. The average Bonchev–Trinajstić information content (AvgIpc) is 2.32. The molecule has 1 aromatic carbocycles. The lowest BCUT2D eigenvalue weighted by Gasteiger charge is -2.11. The fourth-order valence-electron chi connectivity index (χ4n) is 1.41. The molecule has 1 aromatic heterocycles. The van der Waals surface area contributed by atoms with Crippen molar-refractivity contribution in [2.24, 2.45) is 5.73 Å². The Morgan fingerprint density at radius 2 is 1.88 bits per heavy atom. The molecule has 0 unspecified atom stereocenters. The molecule has 5 heteroatoms. The molecule has 3 N–H and O–H groups in total. The van der Waals surface area contributed by atoms with Gasteiger partial charge in [0.15, 0.2) is 0 Å². The Balaban J connectivity index is 2.37. The number of anilines is 2. The number of halogens is 1. The number of aromatic nitrogens is 1. The Kier molecular flexibility index (Phi) is 3.71. The Morgan fingerprint density at radius 1 is 1.18 bits per heavy atom. The lowest BCUT2D eigenvalue weighted by atomic mass is 10.2. The van der Waals surface area contributed by atoms with Crippen LogP contribution in [0.25, 0.3) is 0 Å². The molecule has 0 spiro atoms. The van der Waals surface area contributed by atoms with Crippen molar-refractivity contribution in [3.05, 3.63) is 52.8 Å². The van der Waals surface area contributed by atoms with Crippen molar-refractivity contribution in [2.75, 3.05) is 5.32 Å². The molecule has 0 fully saturated rings. The fraction of sp³-hybridized carbons (Fsp3) is 0. The van der Waals surface area contributed by atoms with E-state index in [2.05, 4.69) is 26.2 Å². The average molecular weight is 308 g/mol. The number of rotatable bonds is 3. The van der Waals surface area contributed by atoms with E-state index in [-0.39, 0.29) is 4.99 Å². The number of benzene rings is 1. The summed E-state index contributed by atoms with van der Waals surface area (Å²) in [5.41, 5.74) is 7.96. The predicted octanol–water partition coefficient (Wildman–Crippen LogP) is 3.22. The quantitative estimate of drug-likeness (QED) is 0.855. The molecule has 0 aliphatic heterocycles. The standard InChI is InChI=1S/C12H10BrN3S/c13-8-4-1-2-5-9(8)16-10-6-3-7-15-11(10)12(14)17/h1-7,16H,(H2,14,17). The van der Waals surface area contributed by atoms with Gasteiger partial charge in [-0.25, -0.2) is 0 Å². The van der Waals surface area contributed by atoms with Crippen LogP contribution in [0.15, 0.2) is 47.1 Å². The van der Waals surface area contributed by atoms with Crippen LogP contribution in [-0.2, 0) is 0 Å². The molecule has 0 radical (unpaired) electrons. The molecule has 0 aliphatic rings. The Bertz CT molecular complexity index is 557. The van der Waals surface area contributed by atoms with E-state index < -0.39 is 0 Å². The number of nitrogens with zero attached hydrogens (tertiary/aromatic N) is 1. The number of para-hydroxylation sites is 1. The van der Waals surface area contributed by atoms with E-state index in [9.17, 15) is 0 Å². The minimum absolute atomic E-state index is 0.278. The van der Waals surface area contributed by atoms with Gasteiger partial charge < -0.3 is 11.1 Å². The molecule has 2 aromatic rings. The Hall–Kier alpha value is -1.46. The topological polar surface area (TPSA) is 50.9 Å². The molecule has 1 heterocycles. The summed E-state index contributed by atoms with van der Waals surface area (Å²) in [6.45, 7) is 0. The van der Waals surface area contributed by atoms with Gasteiger partial charge in [-0.05, 0) is 40.2 Å². The number of thiocarbonyl (C=S) groups is 1. The summed E-state index contributed by atoms with van der Waals surface area (Å²) in [5.74, 6) is 0. The fourth-order valence-corrected chi connectivity index (χ4v) is 1.96. The first kappa shape index (κ1) is 12.0. The maximum Gasteiger partial charge on any atom is 0.124 e. The third kappa shape index (κ3) is 2.81. The summed E-state index contributed by atoms with van der Waals surface area (Å²) in [5, 5.41) is 3.25. The highest BCUT2D eigenvalue weighted by Crippen LogP contribution is 2.26. The van der Waals surface area contributed by atoms with Gasteiger partial charge in [0.1, 0.15) is 10.7 Å². The molecule has 0 aliphatic carbocycles. The molecule has 0 saturated heterocycles. The van der Waals surface area contributed by atoms with Gasteiger partial charge in [0, 0.05) is 10.7 Å². The molecule has 2 rings (SSSR count). The first-order chi connectivity index (χ1) is 8.18. The first-order valence-corrected chi connectivity index (χ1v) is 6.15. The van der Waals surface area contributed by atoms with Crippen molar-refractivity contribution >= 4 is 44.5 Å². The van der Waals surface area contributed by atoms with Gasteiger partial charge in [-0.1, -0.05) is 24.4 Å². The van der Waals surface area contributed by atoms with Crippen LogP contribution in [0.3, 0.4) is 0 Å². The van der Waals surface area contributed by atoms with Gasteiger partial charge in [0.05, 0.1) is 11.4 Å². The summed E-state index contributed by atoms with van der Waals surface area (Å²) in [7, 11) is 0. The maximum absolute atomic E-state index is 5.62. The van der Waals surface area contributed by atoms with Gasteiger partial charge in [0.25, 0.3) is 0 Å². The highest BCUT2D eigenvalue weighted by molar-refractivity contribution is 9.10. The van der Waals surface area contributed by atoms with Crippen LogP contribution in [0, 0.1) is 0 Å².